The third-order valence-corrected chi connectivity index (χ3v) is 4.77. The summed E-state index contributed by atoms with van der Waals surface area (Å²) >= 11 is 0. The van der Waals surface area contributed by atoms with Crippen LogP contribution in [0, 0.1) is 6.58 Å². The Balaban J connectivity index is 0.00000312. The Morgan fingerprint density at radius 3 is 2.67 bits per heavy atom. The molecular formula is C22H33N2. The molecule has 1 aromatic rings. The van der Waals surface area contributed by atoms with Gasteiger partial charge in [0.2, 0.25) is 0 Å². The summed E-state index contributed by atoms with van der Waals surface area (Å²) in [6.07, 6.45) is 5.92. The first-order chi connectivity index (χ1) is 11.5. The molecule has 1 radical (unpaired) electrons. The standard InChI is InChI=1S/C22H31N2.H2/c1-6-9-20-10-11-21(16-22(20)18(4)17(2)3)19(5)23-12-15-24-13-7-8-14-24;/h5,9-11,16,23H,2,6-8,12-15H2,1,3-4H3;1H/b19-5?,20-9+,22-18-;. The van der Waals surface area contributed by atoms with Crippen molar-refractivity contribution >= 4 is 17.3 Å². The van der Waals surface area contributed by atoms with E-state index in [9.17, 15) is 0 Å². The molecule has 1 saturated heterocycles. The minimum Gasteiger partial charge on any atom is -0.383 e. The Kier molecular flexibility index (Phi) is 6.86. The molecule has 0 spiro atoms. The molecule has 2 rings (SSSR count). The van der Waals surface area contributed by atoms with Crippen LogP contribution in [0.3, 0.4) is 0 Å². The van der Waals surface area contributed by atoms with Gasteiger partial charge < -0.3 is 10.2 Å². The normalized spacial score (nSPS) is 17.0. The van der Waals surface area contributed by atoms with Crippen LogP contribution in [0.1, 0.15) is 47.0 Å². The topological polar surface area (TPSA) is 15.3 Å². The molecule has 0 unspecified atom stereocenters. The molecule has 0 atom stereocenters. The molecule has 2 heteroatoms. The number of likely N-dealkylation sites (tertiary alicyclic amines) is 1. The number of allylic oxidation sites excluding steroid dienone is 1. The highest BCUT2D eigenvalue weighted by molar-refractivity contribution is 5.65. The highest BCUT2D eigenvalue weighted by Crippen LogP contribution is 2.09. The highest BCUT2D eigenvalue weighted by Gasteiger charge is 2.10. The third-order valence-electron chi connectivity index (χ3n) is 4.77. The summed E-state index contributed by atoms with van der Waals surface area (Å²) in [5.74, 6) is 0. The molecule has 1 N–H and O–H groups in total. The van der Waals surface area contributed by atoms with Gasteiger partial charge in [-0.1, -0.05) is 37.3 Å². The van der Waals surface area contributed by atoms with Crippen LogP contribution in [-0.4, -0.2) is 31.1 Å². The van der Waals surface area contributed by atoms with Crippen molar-refractivity contribution in [3.8, 4) is 0 Å². The SMILES string of the molecule is [CH]=C(NCCN1CCCC1)c1ccc(=C\CC)/c(=C(/C)C(=C)C)c1.[HH]. The van der Waals surface area contributed by atoms with E-state index in [4.69, 9.17) is 6.58 Å². The van der Waals surface area contributed by atoms with E-state index in [2.05, 4.69) is 61.8 Å². The highest BCUT2D eigenvalue weighted by atomic mass is 15.1. The van der Waals surface area contributed by atoms with E-state index in [1.807, 2.05) is 0 Å². The van der Waals surface area contributed by atoms with Crippen molar-refractivity contribution in [1.29, 1.82) is 0 Å². The Hall–Kier alpha value is -1.80. The van der Waals surface area contributed by atoms with Gasteiger partial charge in [0, 0.05) is 20.2 Å². The van der Waals surface area contributed by atoms with E-state index in [-0.39, 0.29) is 1.43 Å². The molecule has 24 heavy (non-hydrogen) atoms. The van der Waals surface area contributed by atoms with E-state index >= 15 is 0 Å². The van der Waals surface area contributed by atoms with Crippen LogP contribution in [0.2, 0.25) is 0 Å². The minimum atomic E-state index is 0. The first-order valence-electron chi connectivity index (χ1n) is 9.09. The summed E-state index contributed by atoms with van der Waals surface area (Å²) in [5, 5.41) is 5.87. The van der Waals surface area contributed by atoms with Gasteiger partial charge in [-0.2, -0.15) is 0 Å². The van der Waals surface area contributed by atoms with Crippen LogP contribution in [-0.2, 0) is 0 Å². The molecule has 1 fully saturated rings. The Bertz CT molecular complexity index is 712. The van der Waals surface area contributed by atoms with Crippen molar-refractivity contribution in [2.24, 2.45) is 0 Å². The molecule has 1 aromatic carbocycles. The van der Waals surface area contributed by atoms with Gasteiger partial charge in [-0.3, -0.25) is 0 Å². The second-order valence-corrected chi connectivity index (χ2v) is 6.71. The third kappa shape index (κ3) is 4.85. The van der Waals surface area contributed by atoms with E-state index in [0.717, 1.165) is 36.3 Å². The smallest absolute Gasteiger partial charge is 0.0415 e. The van der Waals surface area contributed by atoms with Crippen molar-refractivity contribution in [3.63, 3.8) is 0 Å². The average Bonchev–Trinajstić information content (AvgIpc) is 3.08. The Morgan fingerprint density at radius 2 is 2.04 bits per heavy atom. The summed E-state index contributed by atoms with van der Waals surface area (Å²) in [6, 6.07) is 6.45. The lowest BCUT2D eigenvalue weighted by Crippen LogP contribution is -2.30. The quantitative estimate of drug-likeness (QED) is 0.827. The van der Waals surface area contributed by atoms with Gasteiger partial charge in [0.25, 0.3) is 0 Å². The molecule has 0 aromatic heterocycles. The summed E-state index contributed by atoms with van der Waals surface area (Å²) in [6.45, 7) is 21.1. The fraction of sp³-hybridized carbons (Fsp3) is 0.455. The largest absolute Gasteiger partial charge is 0.383 e. The number of rotatable bonds is 7. The zero-order chi connectivity index (χ0) is 17.5. The predicted molar refractivity (Wildman–Crippen MR) is 108 cm³/mol. The fourth-order valence-electron chi connectivity index (χ4n) is 3.13. The van der Waals surface area contributed by atoms with Crippen LogP contribution in [0.15, 0.2) is 30.4 Å². The van der Waals surface area contributed by atoms with Crippen molar-refractivity contribution in [2.45, 2.75) is 40.0 Å². The van der Waals surface area contributed by atoms with Gasteiger partial charge in [-0.15, -0.1) is 0 Å². The second kappa shape index (κ2) is 8.89. The molecule has 0 bridgehead atoms. The molecule has 0 saturated carbocycles. The molecule has 0 aliphatic carbocycles. The summed E-state index contributed by atoms with van der Waals surface area (Å²) in [7, 11) is 0. The first-order valence-corrected chi connectivity index (χ1v) is 9.09. The number of nitrogens with zero attached hydrogens (tertiary/aromatic N) is 1. The van der Waals surface area contributed by atoms with Crippen LogP contribution in [0.25, 0.3) is 17.3 Å². The molecule has 1 aliphatic heterocycles. The maximum atomic E-state index is 6.29. The van der Waals surface area contributed by atoms with Gasteiger partial charge in [0.05, 0.1) is 0 Å². The van der Waals surface area contributed by atoms with E-state index in [0.29, 0.717) is 0 Å². The summed E-state index contributed by atoms with van der Waals surface area (Å²) in [5.41, 5.74) is 4.13. The lowest BCUT2D eigenvalue weighted by atomic mass is 10.0. The Morgan fingerprint density at radius 1 is 1.33 bits per heavy atom. The summed E-state index contributed by atoms with van der Waals surface area (Å²) < 4.78 is 0. The predicted octanol–water partition coefficient (Wildman–Crippen LogP) is 3.33. The van der Waals surface area contributed by atoms with Crippen LogP contribution in [0.5, 0.6) is 0 Å². The molecule has 131 valence electrons. The lowest BCUT2D eigenvalue weighted by molar-refractivity contribution is 0.343. The number of benzene rings is 1. The second-order valence-electron chi connectivity index (χ2n) is 6.71. The Labute approximate surface area is 148 Å². The van der Waals surface area contributed by atoms with Crippen LogP contribution in [0.4, 0.5) is 0 Å². The molecule has 1 aliphatic rings. The molecule has 2 nitrogen and oxygen atoms in total. The minimum absolute atomic E-state index is 0. The van der Waals surface area contributed by atoms with E-state index in [1.165, 1.54) is 41.9 Å². The van der Waals surface area contributed by atoms with Crippen LogP contribution >= 0.6 is 0 Å². The molecular weight excluding hydrogens is 292 g/mol. The molecule has 1 heterocycles. The van der Waals surface area contributed by atoms with Gasteiger partial charge in [0.15, 0.2) is 0 Å². The van der Waals surface area contributed by atoms with Crippen molar-refractivity contribution in [3.05, 3.63) is 52.9 Å². The monoisotopic (exact) mass is 325 g/mol. The number of nitrogens with one attached hydrogen (secondary N) is 1. The lowest BCUT2D eigenvalue weighted by Gasteiger charge is -2.16. The van der Waals surface area contributed by atoms with Crippen molar-refractivity contribution < 1.29 is 1.43 Å². The molecule has 0 amide bonds. The van der Waals surface area contributed by atoms with Gasteiger partial charge in [-0.25, -0.2) is 0 Å². The number of hydrogen-bond acceptors (Lipinski definition) is 2. The first kappa shape index (κ1) is 18.5. The van der Waals surface area contributed by atoms with E-state index < -0.39 is 0 Å². The maximum absolute atomic E-state index is 6.29. The zero-order valence-corrected chi connectivity index (χ0v) is 15.5. The maximum Gasteiger partial charge on any atom is 0.0415 e. The van der Waals surface area contributed by atoms with Crippen molar-refractivity contribution in [1.82, 2.24) is 10.2 Å². The fourth-order valence-corrected chi connectivity index (χ4v) is 3.13. The van der Waals surface area contributed by atoms with Crippen molar-refractivity contribution in [2.75, 3.05) is 26.2 Å². The van der Waals surface area contributed by atoms with Crippen LogP contribution < -0.4 is 15.8 Å². The zero-order valence-electron chi connectivity index (χ0n) is 15.5. The van der Waals surface area contributed by atoms with Gasteiger partial charge >= 0.3 is 0 Å². The van der Waals surface area contributed by atoms with E-state index in [1.54, 1.807) is 0 Å². The van der Waals surface area contributed by atoms with Gasteiger partial charge in [0.1, 0.15) is 0 Å². The summed E-state index contributed by atoms with van der Waals surface area (Å²) in [4.78, 5) is 2.49. The number of hydrogen-bond donors (Lipinski definition) is 1. The average molecular weight is 326 g/mol. The van der Waals surface area contributed by atoms with Gasteiger partial charge in [-0.05, 0) is 80.4 Å².